The molecule has 0 fully saturated rings. The van der Waals surface area contributed by atoms with Crippen molar-refractivity contribution in [2.45, 2.75) is 0 Å². The minimum atomic E-state index is -2.92. The summed E-state index contributed by atoms with van der Waals surface area (Å²) in [6.45, 7) is 0. The monoisotopic (exact) mass is 369 g/mol. The van der Waals surface area contributed by atoms with Crippen LogP contribution >= 0.6 is 0 Å². The second kappa shape index (κ2) is 23.5. The number of hydrogen-bond donors (Lipinski definition) is 0. The minimum absolute atomic E-state index is 0. The van der Waals surface area contributed by atoms with Gasteiger partial charge in [-0.05, 0) is 0 Å². The summed E-state index contributed by atoms with van der Waals surface area (Å²) in [5.74, 6) is 0. The number of hydrogen-bond acceptors (Lipinski definition) is 6. The molecule has 0 heterocycles. The molecule has 11 heteroatoms. The summed E-state index contributed by atoms with van der Waals surface area (Å²) in [5.41, 5.74) is 0. The fraction of sp³-hybridized carbons (Fsp3) is 0. The molecule has 0 rings (SSSR count). The Bertz CT molecular complexity index is 36.1. The average Bonchev–Trinajstić information content (AvgIpc) is 1.25. The summed E-state index contributed by atoms with van der Waals surface area (Å²) in [6.07, 6.45) is 0. The van der Waals surface area contributed by atoms with Gasteiger partial charge in [-0.15, -0.1) is 0 Å². The van der Waals surface area contributed by atoms with Gasteiger partial charge in [0.05, 0.1) is 0 Å². The molecule has 1 radical (unpaired) electrons. The van der Waals surface area contributed by atoms with Crippen molar-refractivity contribution in [3.05, 3.63) is 0 Å². The Balaban J connectivity index is -0.0000000171. The second-order valence-corrected chi connectivity index (χ2v) is 0.577. The topological polar surface area (TPSA) is 138 Å². The van der Waals surface area contributed by atoms with Gasteiger partial charge in [0, 0.05) is 0 Å². The van der Waals surface area contributed by atoms with Crippen LogP contribution in [-0.4, -0.2) is 60.1 Å². The Morgan fingerprint density at radius 1 is 0.636 bits per heavy atom. The first-order valence-corrected chi connectivity index (χ1v) is 1.41. The first kappa shape index (κ1) is 29.3. The van der Waals surface area contributed by atoms with Gasteiger partial charge in [-0.2, -0.15) is 0 Å². The quantitative estimate of drug-likeness (QED) is 0.389. The molecule has 0 aliphatic carbocycles. The third-order valence-electron chi connectivity index (χ3n) is 0. The summed E-state index contributed by atoms with van der Waals surface area (Å²) >= 11 is 0. The largest absolute Gasteiger partial charge is 3.00 e. The molecule has 0 spiro atoms. The van der Waals surface area contributed by atoms with Gasteiger partial charge in [0.2, 0.25) is 0 Å². The Hall–Kier alpha value is 3.75. The molecule has 0 unspecified atom stereocenters. The third-order valence-corrected chi connectivity index (χ3v) is 0. The normalized spacial score (nSPS) is 4.91. The van der Waals surface area contributed by atoms with Crippen LogP contribution in [-0.2, 0) is 0 Å². The zero-order chi connectivity index (χ0) is 7.15. The summed E-state index contributed by atoms with van der Waals surface area (Å²) in [5, 5.41) is 50.5. The van der Waals surface area contributed by atoms with Crippen molar-refractivity contribution in [3.8, 4) is 0 Å². The van der Waals surface area contributed by atoms with E-state index in [9.17, 15) is 0 Å². The molecule has 0 aromatic rings. The predicted octanol–water partition coefficient (Wildman–Crippen LogP) is -11.3. The summed E-state index contributed by atoms with van der Waals surface area (Å²) in [6, 6.07) is 0. The number of rotatable bonds is 0. The molecule has 0 aliphatic heterocycles. The SMILES string of the molecule is [Ce+3].[Na+].[O-]B([O-])[O-].[O-]B([O-])[O-].[Sr+2]. The molecule has 0 amide bonds. The molecule has 0 atom stereocenters. The van der Waals surface area contributed by atoms with E-state index in [2.05, 4.69) is 0 Å². The van der Waals surface area contributed by atoms with Crippen molar-refractivity contribution in [2.75, 3.05) is 0 Å². The molecule has 0 aromatic heterocycles. The standard InChI is InChI=1S/2BO3.Ce.Na.Sr/c2*2-1(3)4;;;/q2*-3;+3;+1;+2. The van der Waals surface area contributed by atoms with Crippen LogP contribution in [0.3, 0.4) is 0 Å². The van der Waals surface area contributed by atoms with Crippen molar-refractivity contribution >= 4 is 60.1 Å². The van der Waals surface area contributed by atoms with E-state index in [1.807, 2.05) is 0 Å². The Labute approximate surface area is 158 Å². The van der Waals surface area contributed by atoms with Gasteiger partial charge in [0.15, 0.2) is 0 Å². The van der Waals surface area contributed by atoms with Crippen LogP contribution in [0.15, 0.2) is 0 Å². The van der Waals surface area contributed by atoms with E-state index in [1.54, 1.807) is 0 Å². The van der Waals surface area contributed by atoms with Crippen molar-refractivity contribution in [1.82, 2.24) is 0 Å². The van der Waals surface area contributed by atoms with E-state index in [0.29, 0.717) is 0 Å². The maximum atomic E-state index is 8.42. The van der Waals surface area contributed by atoms with Gasteiger partial charge < -0.3 is 30.1 Å². The Morgan fingerprint density at radius 3 is 0.636 bits per heavy atom. The molecule has 0 saturated carbocycles. The first-order chi connectivity index (χ1) is 3.46. The molecule has 0 N–H and O–H groups in total. The zero-order valence-electron chi connectivity index (χ0n) is 5.81. The molecule has 0 aromatic carbocycles. The third kappa shape index (κ3) is 135. The molecule has 0 aliphatic rings. The van der Waals surface area contributed by atoms with Gasteiger partial charge >= 0.3 is 117 Å². The summed E-state index contributed by atoms with van der Waals surface area (Å²) < 4.78 is 0. The molecule has 6 nitrogen and oxygen atoms in total. The summed E-state index contributed by atoms with van der Waals surface area (Å²) in [7, 11) is -5.83. The maximum absolute atomic E-state index is 8.42. The van der Waals surface area contributed by atoms with E-state index in [1.165, 1.54) is 0 Å². The van der Waals surface area contributed by atoms with E-state index in [4.69, 9.17) is 30.1 Å². The van der Waals surface area contributed by atoms with Gasteiger partial charge in [-0.3, -0.25) is 14.6 Å². The average molecular weight is 368 g/mol. The van der Waals surface area contributed by atoms with E-state index < -0.39 is 14.6 Å². The fourth-order valence-corrected chi connectivity index (χ4v) is 0. The first-order valence-electron chi connectivity index (χ1n) is 1.41. The minimum Gasteiger partial charge on any atom is -0.907 e. The molecular weight excluding hydrogens is 368 g/mol. The molecule has 0 saturated heterocycles. The van der Waals surface area contributed by atoms with Crippen LogP contribution < -0.4 is 59.7 Å². The predicted molar refractivity (Wildman–Crippen MR) is 17.3 cm³/mol. The van der Waals surface area contributed by atoms with Crippen molar-refractivity contribution in [2.24, 2.45) is 0 Å². The van der Waals surface area contributed by atoms with Crippen LogP contribution in [0.25, 0.3) is 0 Å². The van der Waals surface area contributed by atoms with Gasteiger partial charge in [-0.25, -0.2) is 0 Å². The van der Waals surface area contributed by atoms with Gasteiger partial charge in [0.25, 0.3) is 0 Å². The smallest absolute Gasteiger partial charge is 0.907 e. The maximum Gasteiger partial charge on any atom is 3.00 e. The van der Waals surface area contributed by atoms with Crippen LogP contribution in [0.1, 0.15) is 0 Å². The van der Waals surface area contributed by atoms with Crippen molar-refractivity contribution in [1.29, 1.82) is 0 Å². The molecule has 49 valence electrons. The second-order valence-electron chi connectivity index (χ2n) is 0.577. The molecule has 0 bridgehead atoms. The molecular formula is B2CeNaO6Sr. The van der Waals surface area contributed by atoms with Crippen LogP contribution in [0.4, 0.5) is 0 Å². The van der Waals surface area contributed by atoms with Crippen molar-refractivity contribution in [3.63, 3.8) is 0 Å². The summed E-state index contributed by atoms with van der Waals surface area (Å²) in [4.78, 5) is 0. The van der Waals surface area contributed by atoms with Crippen molar-refractivity contribution < 1.29 is 101 Å². The van der Waals surface area contributed by atoms with Crippen LogP contribution in [0.2, 0.25) is 0 Å². The Kier molecular flexibility index (Phi) is 62.7. The van der Waals surface area contributed by atoms with E-state index in [-0.39, 0.29) is 117 Å². The Morgan fingerprint density at radius 2 is 0.636 bits per heavy atom. The van der Waals surface area contributed by atoms with Crippen LogP contribution in [0, 0.1) is 41.7 Å². The molecule has 11 heavy (non-hydrogen) atoms. The zero-order valence-corrected chi connectivity index (χ0v) is 14.4. The van der Waals surface area contributed by atoms with E-state index >= 15 is 0 Å². The fourth-order valence-electron chi connectivity index (χ4n) is 0. The van der Waals surface area contributed by atoms with Crippen LogP contribution in [0.5, 0.6) is 0 Å². The van der Waals surface area contributed by atoms with Gasteiger partial charge in [0.1, 0.15) is 0 Å². The van der Waals surface area contributed by atoms with E-state index in [0.717, 1.165) is 0 Å². The van der Waals surface area contributed by atoms with Gasteiger partial charge in [-0.1, -0.05) is 0 Å².